The lowest BCUT2D eigenvalue weighted by Gasteiger charge is -2.47. The van der Waals surface area contributed by atoms with Crippen LogP contribution in [0.2, 0.25) is 0 Å². The highest BCUT2D eigenvalue weighted by Gasteiger charge is 2.52. The lowest BCUT2D eigenvalue weighted by Crippen LogP contribution is -2.66. The van der Waals surface area contributed by atoms with E-state index in [0.29, 0.717) is 5.56 Å². The van der Waals surface area contributed by atoms with Crippen LogP contribution < -0.4 is 5.32 Å². The normalized spacial score (nSPS) is 39.7. The number of aromatic hydroxyl groups is 1. The van der Waals surface area contributed by atoms with E-state index < -0.39 is 42.3 Å². The summed E-state index contributed by atoms with van der Waals surface area (Å²) in [6.45, 7) is 0. The summed E-state index contributed by atoms with van der Waals surface area (Å²) in [5, 5.41) is 51.5. The van der Waals surface area contributed by atoms with E-state index >= 15 is 0 Å². The predicted octanol–water partition coefficient (Wildman–Crippen LogP) is -1.95. The number of nitrogens with one attached hydrogen (secondary N) is 1. The maximum atomic E-state index is 12.0. The fourth-order valence-corrected chi connectivity index (χ4v) is 3.07. The van der Waals surface area contributed by atoms with Crippen LogP contribution >= 0.6 is 0 Å². The van der Waals surface area contributed by atoms with Crippen LogP contribution in [-0.4, -0.2) is 61.9 Å². The molecule has 0 radical (unpaired) electrons. The standard InChI is InChI=1S/C13H15NO6/c15-4-1-2-5-6(3-4)13(20)14-8-7(5)9(16)11(18)12(19)10(8)17/h1-3,7-12,15-19H,(H,14,20)/t7-,8-,9-,10+,11-,12+/m1/s1. The molecular formula is C13H15NO6. The minimum atomic E-state index is -1.54. The molecule has 1 aliphatic carbocycles. The molecule has 0 saturated heterocycles. The van der Waals surface area contributed by atoms with Crippen LogP contribution in [0.15, 0.2) is 18.2 Å². The van der Waals surface area contributed by atoms with Gasteiger partial charge in [-0.05, 0) is 17.7 Å². The first-order chi connectivity index (χ1) is 9.41. The molecule has 7 heteroatoms. The molecule has 1 aliphatic heterocycles. The molecule has 1 aromatic rings. The Morgan fingerprint density at radius 1 is 0.950 bits per heavy atom. The number of hydrogen-bond acceptors (Lipinski definition) is 6. The number of fused-ring (bicyclic) bond motifs is 3. The summed E-state index contributed by atoms with van der Waals surface area (Å²) in [4.78, 5) is 12.0. The topological polar surface area (TPSA) is 130 Å². The van der Waals surface area contributed by atoms with Crippen molar-refractivity contribution in [1.82, 2.24) is 5.32 Å². The van der Waals surface area contributed by atoms with Crippen LogP contribution in [0.25, 0.3) is 0 Å². The summed E-state index contributed by atoms with van der Waals surface area (Å²) in [7, 11) is 0. The smallest absolute Gasteiger partial charge is 0.252 e. The molecule has 0 bridgehead atoms. The summed E-state index contributed by atoms with van der Waals surface area (Å²) < 4.78 is 0. The van der Waals surface area contributed by atoms with Gasteiger partial charge in [0, 0.05) is 11.5 Å². The molecule has 1 amide bonds. The Kier molecular flexibility index (Phi) is 2.94. The third-order valence-electron chi connectivity index (χ3n) is 4.11. The molecular weight excluding hydrogens is 266 g/mol. The predicted molar refractivity (Wildman–Crippen MR) is 66.1 cm³/mol. The molecule has 108 valence electrons. The quantitative estimate of drug-likeness (QED) is 0.327. The Morgan fingerprint density at radius 2 is 1.60 bits per heavy atom. The second-order valence-corrected chi connectivity index (χ2v) is 5.26. The van der Waals surface area contributed by atoms with E-state index in [9.17, 15) is 30.3 Å². The van der Waals surface area contributed by atoms with Crippen LogP contribution in [0, 0.1) is 0 Å². The van der Waals surface area contributed by atoms with Crippen molar-refractivity contribution in [2.75, 3.05) is 0 Å². The largest absolute Gasteiger partial charge is 0.508 e. The summed E-state index contributed by atoms with van der Waals surface area (Å²) in [6, 6.07) is 3.21. The van der Waals surface area contributed by atoms with E-state index in [1.54, 1.807) is 0 Å². The van der Waals surface area contributed by atoms with Crippen LogP contribution in [-0.2, 0) is 0 Å². The first-order valence-electron chi connectivity index (χ1n) is 6.28. The second kappa shape index (κ2) is 4.42. The SMILES string of the molecule is O=C1N[C@H]2[C@H](O)[C@H](O)[C@H](O)[C@H](O)[C@@H]2c2ccc(O)cc21. The molecule has 1 heterocycles. The molecule has 6 atom stereocenters. The number of phenols is 1. The number of carbonyl (C=O) groups is 1. The summed E-state index contributed by atoms with van der Waals surface area (Å²) in [5.74, 6) is -1.35. The molecule has 7 nitrogen and oxygen atoms in total. The van der Waals surface area contributed by atoms with Gasteiger partial charge in [0.25, 0.3) is 5.91 Å². The molecule has 20 heavy (non-hydrogen) atoms. The van der Waals surface area contributed by atoms with Crippen LogP contribution in [0.1, 0.15) is 21.8 Å². The Morgan fingerprint density at radius 3 is 2.30 bits per heavy atom. The first-order valence-corrected chi connectivity index (χ1v) is 6.28. The highest BCUT2D eigenvalue weighted by atomic mass is 16.4. The van der Waals surface area contributed by atoms with Crippen LogP contribution in [0.3, 0.4) is 0 Å². The molecule has 2 aliphatic rings. The number of amides is 1. The van der Waals surface area contributed by atoms with Gasteiger partial charge in [-0.25, -0.2) is 0 Å². The summed E-state index contributed by atoms with van der Waals surface area (Å²) in [5.41, 5.74) is 0.607. The molecule has 0 unspecified atom stereocenters. The van der Waals surface area contributed by atoms with Crippen molar-refractivity contribution in [2.24, 2.45) is 0 Å². The molecule has 1 aromatic carbocycles. The average Bonchev–Trinajstić information content (AvgIpc) is 2.43. The highest BCUT2D eigenvalue weighted by molar-refractivity contribution is 5.98. The fourth-order valence-electron chi connectivity index (χ4n) is 3.07. The van der Waals surface area contributed by atoms with Gasteiger partial charge >= 0.3 is 0 Å². The first kappa shape index (κ1) is 13.3. The maximum Gasteiger partial charge on any atom is 0.252 e. The summed E-state index contributed by atoms with van der Waals surface area (Å²) in [6.07, 6.45) is -5.76. The lowest BCUT2D eigenvalue weighted by molar-refractivity contribution is -0.155. The number of aliphatic hydroxyl groups excluding tert-OH is 4. The van der Waals surface area contributed by atoms with Gasteiger partial charge < -0.3 is 30.8 Å². The second-order valence-electron chi connectivity index (χ2n) is 5.26. The third kappa shape index (κ3) is 1.71. The molecule has 0 spiro atoms. The van der Waals surface area contributed by atoms with E-state index in [1.807, 2.05) is 0 Å². The number of hydrogen-bond donors (Lipinski definition) is 6. The van der Waals surface area contributed by atoms with Gasteiger partial charge in [-0.1, -0.05) is 6.07 Å². The minimum Gasteiger partial charge on any atom is -0.508 e. The lowest BCUT2D eigenvalue weighted by atomic mass is 9.70. The minimum absolute atomic E-state index is 0.0937. The average molecular weight is 281 g/mol. The Labute approximate surface area is 114 Å². The Bertz CT molecular complexity index is 562. The van der Waals surface area contributed by atoms with Crippen molar-refractivity contribution >= 4 is 5.91 Å². The van der Waals surface area contributed by atoms with Crippen molar-refractivity contribution < 1.29 is 30.3 Å². The number of carbonyl (C=O) groups excluding carboxylic acids is 1. The van der Waals surface area contributed by atoms with Crippen molar-refractivity contribution in [3.05, 3.63) is 29.3 Å². The zero-order valence-corrected chi connectivity index (χ0v) is 10.3. The molecule has 6 N–H and O–H groups in total. The van der Waals surface area contributed by atoms with Gasteiger partial charge in [-0.2, -0.15) is 0 Å². The van der Waals surface area contributed by atoms with Crippen LogP contribution in [0.4, 0.5) is 0 Å². The number of benzene rings is 1. The van der Waals surface area contributed by atoms with Crippen LogP contribution in [0.5, 0.6) is 5.75 Å². The zero-order valence-electron chi connectivity index (χ0n) is 10.3. The number of rotatable bonds is 0. The summed E-state index contributed by atoms with van der Waals surface area (Å²) >= 11 is 0. The van der Waals surface area contributed by atoms with E-state index in [1.165, 1.54) is 18.2 Å². The maximum absolute atomic E-state index is 12.0. The molecule has 1 saturated carbocycles. The molecule has 1 fully saturated rings. The van der Waals surface area contributed by atoms with Gasteiger partial charge in [0.15, 0.2) is 0 Å². The van der Waals surface area contributed by atoms with Crippen molar-refractivity contribution in [3.8, 4) is 5.75 Å². The molecule has 0 aromatic heterocycles. The van der Waals surface area contributed by atoms with E-state index in [2.05, 4.69) is 5.32 Å². The van der Waals surface area contributed by atoms with E-state index in [4.69, 9.17) is 0 Å². The number of phenolic OH excluding ortho intramolecular Hbond substituents is 1. The fraction of sp³-hybridized carbons (Fsp3) is 0.462. The Hall–Kier alpha value is -1.67. The van der Waals surface area contributed by atoms with Crippen molar-refractivity contribution in [2.45, 2.75) is 36.4 Å². The zero-order chi connectivity index (χ0) is 14.6. The third-order valence-corrected chi connectivity index (χ3v) is 4.11. The van der Waals surface area contributed by atoms with Gasteiger partial charge in [-0.15, -0.1) is 0 Å². The van der Waals surface area contributed by atoms with Gasteiger partial charge in [0.1, 0.15) is 24.1 Å². The van der Waals surface area contributed by atoms with Crippen molar-refractivity contribution in [3.63, 3.8) is 0 Å². The Balaban J connectivity index is 2.12. The van der Waals surface area contributed by atoms with Gasteiger partial charge in [0.2, 0.25) is 0 Å². The van der Waals surface area contributed by atoms with E-state index in [0.717, 1.165) is 0 Å². The van der Waals surface area contributed by atoms with Gasteiger partial charge in [-0.3, -0.25) is 4.79 Å². The van der Waals surface area contributed by atoms with Gasteiger partial charge in [0.05, 0.1) is 12.1 Å². The monoisotopic (exact) mass is 281 g/mol. The van der Waals surface area contributed by atoms with Crippen molar-refractivity contribution in [1.29, 1.82) is 0 Å². The highest BCUT2D eigenvalue weighted by Crippen LogP contribution is 2.39. The molecule has 3 rings (SSSR count). The number of aliphatic hydroxyl groups is 4. The van der Waals surface area contributed by atoms with E-state index in [-0.39, 0.29) is 11.3 Å².